The number of hydrogen-bond donors (Lipinski definition) is 2. The van der Waals surface area contributed by atoms with E-state index in [0.717, 1.165) is 45.5 Å². The number of aromatic amines is 1. The molecule has 9 heteroatoms. The van der Waals surface area contributed by atoms with E-state index in [-0.39, 0.29) is 10.8 Å². The molecular weight excluding hydrogens is 386 g/mol. The van der Waals surface area contributed by atoms with Crippen LogP contribution in [0.5, 0.6) is 0 Å². The fourth-order valence-corrected chi connectivity index (χ4v) is 6.66. The Bertz CT molecular complexity index is 992. The fourth-order valence-electron chi connectivity index (χ4n) is 3.25. The summed E-state index contributed by atoms with van der Waals surface area (Å²) in [5, 5.41) is 13.1. The third-order valence-corrected chi connectivity index (χ3v) is 7.80. The summed E-state index contributed by atoms with van der Waals surface area (Å²) in [6, 6.07) is 0. The molecule has 26 heavy (non-hydrogen) atoms. The quantitative estimate of drug-likeness (QED) is 0.615. The summed E-state index contributed by atoms with van der Waals surface area (Å²) in [6.07, 6.45) is 3.20. The van der Waals surface area contributed by atoms with Gasteiger partial charge in [0.25, 0.3) is 5.56 Å². The van der Waals surface area contributed by atoms with Gasteiger partial charge in [-0.25, -0.2) is 4.98 Å². The lowest BCUT2D eigenvalue weighted by Crippen LogP contribution is -2.15. The van der Waals surface area contributed by atoms with Gasteiger partial charge in [-0.15, -0.1) is 21.5 Å². The number of aromatic nitrogens is 4. The summed E-state index contributed by atoms with van der Waals surface area (Å²) >= 11 is 4.79. The van der Waals surface area contributed by atoms with Gasteiger partial charge in [0.15, 0.2) is 4.34 Å². The van der Waals surface area contributed by atoms with Crippen LogP contribution >= 0.6 is 34.4 Å². The van der Waals surface area contributed by atoms with Gasteiger partial charge in [0.05, 0.1) is 10.6 Å². The van der Waals surface area contributed by atoms with Crippen molar-refractivity contribution in [3.05, 3.63) is 26.6 Å². The van der Waals surface area contributed by atoms with Gasteiger partial charge < -0.3 is 10.3 Å². The maximum atomic E-state index is 12.7. The monoisotopic (exact) mass is 407 g/mol. The zero-order chi connectivity index (χ0) is 18.3. The van der Waals surface area contributed by atoms with E-state index in [0.29, 0.717) is 11.7 Å². The molecule has 138 valence electrons. The van der Waals surface area contributed by atoms with Crippen LogP contribution in [-0.4, -0.2) is 26.7 Å². The molecule has 2 N–H and O–H groups in total. The van der Waals surface area contributed by atoms with Crippen LogP contribution in [0.25, 0.3) is 10.2 Å². The first kappa shape index (κ1) is 17.9. The number of H-pyrrole nitrogens is 1. The van der Waals surface area contributed by atoms with Gasteiger partial charge in [-0.3, -0.25) is 4.79 Å². The van der Waals surface area contributed by atoms with Crippen LogP contribution in [0, 0.1) is 5.92 Å². The molecular formula is C17H21N5OS3. The normalized spacial score (nSPS) is 18.0. The Kier molecular flexibility index (Phi) is 5.02. The minimum atomic E-state index is -0.00453. The van der Waals surface area contributed by atoms with E-state index >= 15 is 0 Å². The molecule has 2 atom stereocenters. The maximum Gasteiger partial charge on any atom is 0.259 e. The zero-order valence-corrected chi connectivity index (χ0v) is 17.4. The van der Waals surface area contributed by atoms with E-state index in [1.54, 1.807) is 23.1 Å². The molecule has 1 aliphatic carbocycles. The molecule has 6 nitrogen and oxygen atoms in total. The summed E-state index contributed by atoms with van der Waals surface area (Å²) < 4.78 is 0.871. The average molecular weight is 408 g/mol. The van der Waals surface area contributed by atoms with E-state index < -0.39 is 0 Å². The number of nitrogens with zero attached hydrogens (tertiary/aromatic N) is 3. The second kappa shape index (κ2) is 7.28. The van der Waals surface area contributed by atoms with Gasteiger partial charge in [-0.2, -0.15) is 0 Å². The Labute approximate surface area is 163 Å². The highest BCUT2D eigenvalue weighted by Crippen LogP contribution is 2.38. The van der Waals surface area contributed by atoms with Crippen LogP contribution in [0.3, 0.4) is 0 Å². The van der Waals surface area contributed by atoms with Crippen molar-refractivity contribution in [1.29, 1.82) is 0 Å². The molecule has 0 unspecified atom stereocenters. The van der Waals surface area contributed by atoms with Gasteiger partial charge in [0.2, 0.25) is 5.13 Å². The van der Waals surface area contributed by atoms with Crippen molar-refractivity contribution in [3.8, 4) is 0 Å². The third-order valence-electron chi connectivity index (χ3n) is 4.58. The first-order valence-corrected chi connectivity index (χ1v) is 11.3. The van der Waals surface area contributed by atoms with Crippen molar-refractivity contribution < 1.29 is 0 Å². The second-order valence-corrected chi connectivity index (χ2v) is 10.3. The smallest absolute Gasteiger partial charge is 0.259 e. The Hall–Kier alpha value is -1.45. The molecule has 0 amide bonds. The molecule has 3 aromatic rings. The summed E-state index contributed by atoms with van der Waals surface area (Å²) in [7, 11) is 0. The lowest BCUT2D eigenvalue weighted by Gasteiger charge is -2.17. The Morgan fingerprint density at radius 3 is 3.04 bits per heavy atom. The number of nitrogens with one attached hydrogen (secondary N) is 2. The molecule has 0 fully saturated rings. The highest BCUT2D eigenvalue weighted by molar-refractivity contribution is 8.01. The first-order valence-electron chi connectivity index (χ1n) is 8.83. The van der Waals surface area contributed by atoms with Gasteiger partial charge in [-0.05, 0) is 44.6 Å². The van der Waals surface area contributed by atoms with Crippen LogP contribution in [0.15, 0.2) is 9.13 Å². The molecule has 3 heterocycles. The topological polar surface area (TPSA) is 83.6 Å². The van der Waals surface area contributed by atoms with Crippen LogP contribution in [-0.2, 0) is 12.8 Å². The van der Waals surface area contributed by atoms with Crippen LogP contribution < -0.4 is 10.9 Å². The van der Waals surface area contributed by atoms with Crippen molar-refractivity contribution in [2.45, 2.75) is 49.6 Å². The average Bonchev–Trinajstić information content (AvgIpc) is 3.18. The van der Waals surface area contributed by atoms with Crippen molar-refractivity contribution in [1.82, 2.24) is 20.2 Å². The van der Waals surface area contributed by atoms with E-state index in [4.69, 9.17) is 4.98 Å². The summed E-state index contributed by atoms with van der Waals surface area (Å²) in [5.41, 5.74) is 1.22. The lowest BCUT2D eigenvalue weighted by atomic mass is 9.89. The van der Waals surface area contributed by atoms with Crippen molar-refractivity contribution in [3.63, 3.8) is 0 Å². The number of rotatable bonds is 5. The van der Waals surface area contributed by atoms with Gasteiger partial charge in [0.1, 0.15) is 10.7 Å². The predicted molar refractivity (Wildman–Crippen MR) is 110 cm³/mol. The molecule has 0 saturated carbocycles. The molecule has 4 rings (SSSR count). The number of thioether (sulfide) groups is 1. The summed E-state index contributed by atoms with van der Waals surface area (Å²) in [5.74, 6) is 1.39. The molecule has 0 saturated heterocycles. The van der Waals surface area contributed by atoms with E-state index in [1.165, 1.54) is 21.8 Å². The molecule has 0 bridgehead atoms. The minimum absolute atomic E-state index is 0.00453. The van der Waals surface area contributed by atoms with E-state index in [9.17, 15) is 4.79 Å². The highest BCUT2D eigenvalue weighted by Gasteiger charge is 2.24. The minimum Gasteiger partial charge on any atom is -0.360 e. The zero-order valence-electron chi connectivity index (χ0n) is 15.0. The molecule has 0 radical (unpaired) electrons. The van der Waals surface area contributed by atoms with Crippen molar-refractivity contribution >= 4 is 49.8 Å². The van der Waals surface area contributed by atoms with Gasteiger partial charge in [0, 0.05) is 11.4 Å². The van der Waals surface area contributed by atoms with Crippen LogP contribution in [0.2, 0.25) is 0 Å². The summed E-state index contributed by atoms with van der Waals surface area (Å²) in [6.45, 7) is 7.17. The third kappa shape index (κ3) is 3.39. The molecule has 0 aliphatic heterocycles. The molecule has 0 aromatic carbocycles. The largest absolute Gasteiger partial charge is 0.360 e. The van der Waals surface area contributed by atoms with Crippen molar-refractivity contribution in [2.75, 3.05) is 11.9 Å². The SMILES string of the molecule is CCNc1nnc(S[C@@H](C)c2nc3sc4c(c3c(=O)[nH]2)CC[C@H](C)C4)s1. The molecule has 0 spiro atoms. The Morgan fingerprint density at radius 1 is 1.38 bits per heavy atom. The van der Waals surface area contributed by atoms with E-state index in [2.05, 4.69) is 27.4 Å². The molecule has 1 aliphatic rings. The number of aryl methyl sites for hydroxylation is 1. The number of fused-ring (bicyclic) bond motifs is 3. The Balaban J connectivity index is 1.63. The fraction of sp³-hybridized carbons (Fsp3) is 0.529. The number of thiophene rings is 1. The van der Waals surface area contributed by atoms with E-state index in [1.807, 2.05) is 13.8 Å². The standard InChI is InChI=1S/C17H21N5OS3/c1-4-18-16-21-22-17(26-16)24-9(3)13-19-14(23)12-10-6-5-8(2)7-11(10)25-15(12)20-13/h8-9H,4-7H2,1-3H3,(H,18,21)(H,19,20,23)/t8-,9-/m0/s1. The lowest BCUT2D eigenvalue weighted by molar-refractivity contribution is 0.509. The summed E-state index contributed by atoms with van der Waals surface area (Å²) in [4.78, 5) is 22.7. The van der Waals surface area contributed by atoms with Crippen LogP contribution in [0.4, 0.5) is 5.13 Å². The van der Waals surface area contributed by atoms with Crippen molar-refractivity contribution in [2.24, 2.45) is 5.92 Å². The van der Waals surface area contributed by atoms with Gasteiger partial charge in [-0.1, -0.05) is 30.0 Å². The predicted octanol–water partition coefficient (Wildman–Crippen LogP) is 4.25. The number of anilines is 1. The Morgan fingerprint density at radius 2 is 2.23 bits per heavy atom. The molecule has 3 aromatic heterocycles. The first-order chi connectivity index (χ1) is 12.5. The number of hydrogen-bond acceptors (Lipinski definition) is 8. The van der Waals surface area contributed by atoms with Crippen LogP contribution in [0.1, 0.15) is 48.7 Å². The second-order valence-electron chi connectivity index (χ2n) is 6.65. The maximum absolute atomic E-state index is 12.7. The van der Waals surface area contributed by atoms with Gasteiger partial charge >= 0.3 is 0 Å². The highest BCUT2D eigenvalue weighted by atomic mass is 32.2.